The molecule has 4 heteroatoms. The van der Waals surface area contributed by atoms with Crippen molar-refractivity contribution in [1.29, 1.82) is 0 Å². The summed E-state index contributed by atoms with van der Waals surface area (Å²) in [4.78, 5) is 13.8. The summed E-state index contributed by atoms with van der Waals surface area (Å²) in [6.07, 6.45) is 2.90. The molecule has 2 fully saturated rings. The average molecular weight is 275 g/mol. The number of nitrogens with zero attached hydrogens (tertiary/aromatic N) is 1. The zero-order chi connectivity index (χ0) is 14.0. The number of rotatable bonds is 3. The number of likely N-dealkylation sites (tertiary alicyclic amines) is 1. The smallest absolute Gasteiger partial charge is 0.410 e. The van der Waals surface area contributed by atoms with Crippen molar-refractivity contribution in [1.82, 2.24) is 4.90 Å². The van der Waals surface area contributed by atoms with Gasteiger partial charge in [-0.15, -0.1) is 0 Å². The number of carbonyl (C=O) groups excluding carboxylic acids is 1. The van der Waals surface area contributed by atoms with Crippen molar-refractivity contribution in [3.05, 3.63) is 35.9 Å². The number of hydrogen-bond acceptors (Lipinski definition) is 3. The summed E-state index contributed by atoms with van der Waals surface area (Å²) in [5.74, 6) is 0.463. The monoisotopic (exact) mass is 275 g/mol. The Bertz CT molecular complexity index is 466. The summed E-state index contributed by atoms with van der Waals surface area (Å²) < 4.78 is 5.35. The fraction of sp³-hybridized carbons (Fsp3) is 0.562. The van der Waals surface area contributed by atoms with E-state index < -0.39 is 0 Å². The Morgan fingerprint density at radius 3 is 2.60 bits per heavy atom. The number of amides is 1. The molecule has 0 radical (unpaired) electrons. The van der Waals surface area contributed by atoms with Crippen LogP contribution in [0.4, 0.5) is 4.79 Å². The van der Waals surface area contributed by atoms with Gasteiger partial charge >= 0.3 is 6.09 Å². The molecule has 0 unspecified atom stereocenters. The topological polar surface area (TPSA) is 49.8 Å². The van der Waals surface area contributed by atoms with Crippen LogP contribution in [0.15, 0.2) is 30.3 Å². The first-order valence-electron chi connectivity index (χ1n) is 7.30. The van der Waals surface area contributed by atoms with Crippen LogP contribution in [0.1, 0.15) is 24.8 Å². The summed E-state index contributed by atoms with van der Waals surface area (Å²) in [7, 11) is 0. The van der Waals surface area contributed by atoms with E-state index in [1.54, 1.807) is 4.90 Å². The lowest BCUT2D eigenvalue weighted by Crippen LogP contribution is -2.40. The normalized spacial score (nSPS) is 23.6. The molecule has 2 aliphatic rings. The van der Waals surface area contributed by atoms with Crippen molar-refractivity contribution < 1.29 is 14.6 Å². The zero-order valence-corrected chi connectivity index (χ0v) is 11.6. The molecule has 0 aromatic heterocycles. The SMILES string of the molecule is O=C(OCc1ccccc1)N1CCC2(CC1)C[C@H]2CO. The third kappa shape index (κ3) is 2.66. The van der Waals surface area contributed by atoms with Gasteiger partial charge < -0.3 is 14.7 Å². The minimum Gasteiger partial charge on any atom is -0.445 e. The number of piperidine rings is 1. The number of benzene rings is 1. The van der Waals surface area contributed by atoms with E-state index in [1.165, 1.54) is 0 Å². The first kappa shape index (κ1) is 13.4. The molecule has 1 aromatic rings. The van der Waals surface area contributed by atoms with Crippen molar-refractivity contribution in [3.8, 4) is 0 Å². The van der Waals surface area contributed by atoms with E-state index in [-0.39, 0.29) is 6.09 Å². The number of aliphatic hydroxyl groups is 1. The quantitative estimate of drug-likeness (QED) is 0.921. The first-order chi connectivity index (χ1) is 9.73. The molecule has 1 heterocycles. The summed E-state index contributed by atoms with van der Waals surface area (Å²) in [5.41, 5.74) is 1.34. The molecule has 3 rings (SSSR count). The Labute approximate surface area is 119 Å². The van der Waals surface area contributed by atoms with Crippen molar-refractivity contribution >= 4 is 6.09 Å². The molecule has 1 N–H and O–H groups in total. The van der Waals surface area contributed by atoms with E-state index in [9.17, 15) is 9.90 Å². The molecule has 108 valence electrons. The predicted molar refractivity (Wildman–Crippen MR) is 75.1 cm³/mol. The first-order valence-corrected chi connectivity index (χ1v) is 7.30. The maximum atomic E-state index is 12.0. The van der Waals surface area contributed by atoms with Crippen LogP contribution in [0.25, 0.3) is 0 Å². The molecule has 0 bridgehead atoms. The maximum Gasteiger partial charge on any atom is 0.410 e. The summed E-state index contributed by atoms with van der Waals surface area (Å²) in [5, 5.41) is 9.20. The van der Waals surface area contributed by atoms with Gasteiger partial charge in [0, 0.05) is 19.7 Å². The number of hydrogen-bond donors (Lipinski definition) is 1. The van der Waals surface area contributed by atoms with Gasteiger partial charge in [0.1, 0.15) is 6.61 Å². The van der Waals surface area contributed by atoms with Crippen molar-refractivity contribution in [2.45, 2.75) is 25.9 Å². The molecule has 1 saturated carbocycles. The van der Waals surface area contributed by atoms with Crippen LogP contribution in [0, 0.1) is 11.3 Å². The van der Waals surface area contributed by atoms with Crippen LogP contribution in [-0.2, 0) is 11.3 Å². The third-order valence-corrected chi connectivity index (χ3v) is 4.80. The molecule has 1 spiro atoms. The molecule has 1 amide bonds. The highest BCUT2D eigenvalue weighted by Crippen LogP contribution is 2.58. The Balaban J connectivity index is 1.45. The second kappa shape index (κ2) is 5.44. The van der Waals surface area contributed by atoms with Crippen molar-refractivity contribution in [2.75, 3.05) is 19.7 Å². The molecule has 20 heavy (non-hydrogen) atoms. The maximum absolute atomic E-state index is 12.0. The Hall–Kier alpha value is -1.55. The Morgan fingerprint density at radius 1 is 1.30 bits per heavy atom. The van der Waals surface area contributed by atoms with Crippen LogP contribution in [0.3, 0.4) is 0 Å². The average Bonchev–Trinajstić information content (AvgIpc) is 3.19. The lowest BCUT2D eigenvalue weighted by molar-refractivity contribution is 0.0761. The molecule has 4 nitrogen and oxygen atoms in total. The summed E-state index contributed by atoms with van der Waals surface area (Å²) in [6, 6.07) is 9.73. The van der Waals surface area contributed by atoms with E-state index in [0.717, 1.165) is 37.9 Å². The molecular weight excluding hydrogens is 254 g/mol. The van der Waals surface area contributed by atoms with Crippen molar-refractivity contribution in [2.24, 2.45) is 11.3 Å². The van der Waals surface area contributed by atoms with Gasteiger partial charge in [0.2, 0.25) is 0 Å². The van der Waals surface area contributed by atoms with Gasteiger partial charge in [0.05, 0.1) is 0 Å². The molecule has 1 aromatic carbocycles. The number of ether oxygens (including phenoxy) is 1. The van der Waals surface area contributed by atoms with E-state index >= 15 is 0 Å². The van der Waals surface area contributed by atoms with Gasteiger partial charge in [-0.1, -0.05) is 30.3 Å². The molecule has 1 saturated heterocycles. The van der Waals surface area contributed by atoms with Crippen LogP contribution in [0.2, 0.25) is 0 Å². The van der Waals surface area contributed by atoms with E-state index in [1.807, 2.05) is 30.3 Å². The Kier molecular flexibility index (Phi) is 3.66. The highest BCUT2D eigenvalue weighted by Gasteiger charge is 2.54. The van der Waals surface area contributed by atoms with Crippen LogP contribution in [-0.4, -0.2) is 35.8 Å². The standard InChI is InChI=1S/C16H21NO3/c18-11-14-10-16(14)6-8-17(9-7-16)15(19)20-12-13-4-2-1-3-5-13/h1-5,14,18H,6-12H2/t14-/m0/s1. The number of carbonyl (C=O) groups is 1. The van der Waals surface area contributed by atoms with Gasteiger partial charge in [-0.05, 0) is 36.2 Å². The van der Waals surface area contributed by atoms with Crippen LogP contribution >= 0.6 is 0 Å². The predicted octanol–water partition coefficient (Wildman–Crippen LogP) is 2.42. The van der Waals surface area contributed by atoms with Gasteiger partial charge in [-0.2, -0.15) is 0 Å². The van der Waals surface area contributed by atoms with Gasteiger partial charge in [0.15, 0.2) is 0 Å². The van der Waals surface area contributed by atoms with Crippen LogP contribution < -0.4 is 0 Å². The minimum absolute atomic E-state index is 0.218. The van der Waals surface area contributed by atoms with E-state index in [2.05, 4.69) is 0 Å². The summed E-state index contributed by atoms with van der Waals surface area (Å²) in [6.45, 7) is 2.13. The van der Waals surface area contributed by atoms with Gasteiger partial charge in [0.25, 0.3) is 0 Å². The molecule has 1 aliphatic heterocycles. The second-order valence-corrected chi connectivity index (χ2v) is 5.97. The molecular formula is C16H21NO3. The third-order valence-electron chi connectivity index (χ3n) is 4.80. The Morgan fingerprint density at radius 2 is 2.00 bits per heavy atom. The fourth-order valence-electron chi connectivity index (χ4n) is 3.25. The zero-order valence-electron chi connectivity index (χ0n) is 11.6. The minimum atomic E-state index is -0.218. The molecule has 1 aliphatic carbocycles. The molecule has 1 atom stereocenters. The fourth-order valence-corrected chi connectivity index (χ4v) is 3.25. The number of aliphatic hydroxyl groups excluding tert-OH is 1. The largest absolute Gasteiger partial charge is 0.445 e. The summed E-state index contributed by atoms with van der Waals surface area (Å²) >= 11 is 0. The second-order valence-electron chi connectivity index (χ2n) is 5.97. The van der Waals surface area contributed by atoms with Crippen molar-refractivity contribution in [3.63, 3.8) is 0 Å². The van der Waals surface area contributed by atoms with Gasteiger partial charge in [-0.3, -0.25) is 0 Å². The lowest BCUT2D eigenvalue weighted by atomic mass is 9.91. The van der Waals surface area contributed by atoms with E-state index in [0.29, 0.717) is 24.5 Å². The van der Waals surface area contributed by atoms with Gasteiger partial charge in [-0.25, -0.2) is 4.79 Å². The highest BCUT2D eigenvalue weighted by atomic mass is 16.6. The van der Waals surface area contributed by atoms with Crippen LogP contribution in [0.5, 0.6) is 0 Å². The van der Waals surface area contributed by atoms with E-state index in [4.69, 9.17) is 4.74 Å². The highest BCUT2D eigenvalue weighted by molar-refractivity contribution is 5.67. The lowest BCUT2D eigenvalue weighted by Gasteiger charge is -2.32.